The van der Waals surface area contributed by atoms with Crippen LogP contribution in [0, 0.1) is 11.8 Å². The van der Waals surface area contributed by atoms with Gasteiger partial charge in [-0.15, -0.1) is 0 Å². The summed E-state index contributed by atoms with van der Waals surface area (Å²) >= 11 is 0. The predicted molar refractivity (Wildman–Crippen MR) is 102 cm³/mol. The van der Waals surface area contributed by atoms with E-state index in [1.54, 1.807) is 24.3 Å². The molecule has 7 heteroatoms. The molecule has 3 atom stereocenters. The van der Waals surface area contributed by atoms with Crippen molar-refractivity contribution in [1.82, 2.24) is 0 Å². The van der Waals surface area contributed by atoms with E-state index >= 15 is 0 Å². The highest BCUT2D eigenvalue weighted by Crippen LogP contribution is 2.45. The fraction of sp³-hybridized carbons (Fsp3) is 0.429. The van der Waals surface area contributed by atoms with Crippen molar-refractivity contribution < 1.29 is 34.3 Å². The molecule has 0 spiro atoms. The van der Waals surface area contributed by atoms with Crippen LogP contribution in [-0.2, 0) is 11.2 Å². The molecule has 28 heavy (non-hydrogen) atoms. The molecule has 1 heterocycles. The lowest BCUT2D eigenvalue weighted by atomic mass is 9.84. The van der Waals surface area contributed by atoms with E-state index in [-0.39, 0.29) is 36.0 Å². The minimum Gasteiger partial charge on any atom is -0.504 e. The van der Waals surface area contributed by atoms with Gasteiger partial charge in [0.05, 0.1) is 34.0 Å². The number of aliphatic hydroxyl groups is 1. The van der Waals surface area contributed by atoms with Crippen LogP contribution in [0.15, 0.2) is 30.3 Å². The van der Waals surface area contributed by atoms with Crippen molar-refractivity contribution in [2.24, 2.45) is 11.8 Å². The maximum atomic E-state index is 10.1. The molecule has 2 aromatic rings. The van der Waals surface area contributed by atoms with Gasteiger partial charge < -0.3 is 34.3 Å². The SMILES string of the molecule is COc1cc(C[C@@H]2CO[C@@H](c3cc(OC)c(O)c(OC)c3)[C@@H]2CO)ccc1O. The first-order valence-electron chi connectivity index (χ1n) is 9.05. The predicted octanol–water partition coefficient (Wildman–Crippen LogP) is 2.66. The second kappa shape index (κ2) is 8.58. The maximum absolute atomic E-state index is 10.1. The van der Waals surface area contributed by atoms with Crippen molar-refractivity contribution in [3.05, 3.63) is 41.5 Å². The summed E-state index contributed by atoms with van der Waals surface area (Å²) in [5, 5.41) is 29.9. The van der Waals surface area contributed by atoms with E-state index in [1.807, 2.05) is 6.07 Å². The van der Waals surface area contributed by atoms with Gasteiger partial charge in [0.25, 0.3) is 0 Å². The molecule has 3 rings (SSSR count). The summed E-state index contributed by atoms with van der Waals surface area (Å²) in [5.41, 5.74) is 1.76. The van der Waals surface area contributed by atoms with Crippen LogP contribution in [-0.4, -0.2) is 49.9 Å². The van der Waals surface area contributed by atoms with Crippen LogP contribution >= 0.6 is 0 Å². The third-order valence-electron chi connectivity index (χ3n) is 5.27. The molecule has 0 amide bonds. The molecule has 0 saturated carbocycles. The van der Waals surface area contributed by atoms with Crippen LogP contribution in [0.2, 0.25) is 0 Å². The van der Waals surface area contributed by atoms with E-state index in [0.29, 0.717) is 30.3 Å². The molecule has 0 aromatic heterocycles. The molecular weight excluding hydrogens is 364 g/mol. The largest absolute Gasteiger partial charge is 0.504 e. The van der Waals surface area contributed by atoms with Crippen LogP contribution in [0.5, 0.6) is 28.7 Å². The number of rotatable bonds is 7. The van der Waals surface area contributed by atoms with E-state index < -0.39 is 0 Å². The molecule has 152 valence electrons. The minimum absolute atomic E-state index is 0.0456. The molecule has 1 aliphatic rings. The van der Waals surface area contributed by atoms with Crippen molar-refractivity contribution >= 4 is 0 Å². The number of ether oxygens (including phenoxy) is 4. The first-order valence-corrected chi connectivity index (χ1v) is 9.05. The molecule has 2 aromatic carbocycles. The summed E-state index contributed by atoms with van der Waals surface area (Å²) in [5.74, 6) is 0.965. The molecule has 7 nitrogen and oxygen atoms in total. The molecule has 1 fully saturated rings. The quantitative estimate of drug-likeness (QED) is 0.669. The van der Waals surface area contributed by atoms with E-state index in [2.05, 4.69) is 0 Å². The van der Waals surface area contributed by atoms with Gasteiger partial charge in [0, 0.05) is 12.5 Å². The number of methoxy groups -OCH3 is 3. The number of benzene rings is 2. The topological polar surface area (TPSA) is 97.6 Å². The zero-order valence-corrected chi connectivity index (χ0v) is 16.2. The number of hydrogen-bond acceptors (Lipinski definition) is 7. The Morgan fingerprint density at radius 3 is 2.18 bits per heavy atom. The molecule has 1 aliphatic heterocycles. The zero-order valence-electron chi connectivity index (χ0n) is 16.2. The van der Waals surface area contributed by atoms with E-state index in [1.165, 1.54) is 21.3 Å². The van der Waals surface area contributed by atoms with Crippen LogP contribution < -0.4 is 14.2 Å². The molecule has 1 saturated heterocycles. The summed E-state index contributed by atoms with van der Waals surface area (Å²) in [6.45, 7) is 0.431. The fourth-order valence-electron chi connectivity index (χ4n) is 3.75. The normalized spacial score (nSPS) is 21.5. The summed E-state index contributed by atoms with van der Waals surface area (Å²) in [6, 6.07) is 8.65. The van der Waals surface area contributed by atoms with Crippen molar-refractivity contribution in [3.63, 3.8) is 0 Å². The van der Waals surface area contributed by atoms with E-state index in [4.69, 9.17) is 18.9 Å². The van der Waals surface area contributed by atoms with Crippen molar-refractivity contribution in [2.75, 3.05) is 34.5 Å². The van der Waals surface area contributed by atoms with Gasteiger partial charge in [-0.2, -0.15) is 0 Å². The molecular formula is C21H26O7. The summed E-state index contributed by atoms with van der Waals surface area (Å²) in [7, 11) is 4.45. The lowest BCUT2D eigenvalue weighted by molar-refractivity contribution is 0.0715. The van der Waals surface area contributed by atoms with Crippen LogP contribution in [0.4, 0.5) is 0 Å². The van der Waals surface area contributed by atoms with Crippen LogP contribution in [0.3, 0.4) is 0 Å². The summed E-state index contributed by atoms with van der Waals surface area (Å²) < 4.78 is 21.6. The van der Waals surface area contributed by atoms with Crippen molar-refractivity contribution in [2.45, 2.75) is 12.5 Å². The van der Waals surface area contributed by atoms with Gasteiger partial charge in [-0.25, -0.2) is 0 Å². The van der Waals surface area contributed by atoms with Gasteiger partial charge in [0.15, 0.2) is 23.0 Å². The third-order valence-corrected chi connectivity index (χ3v) is 5.27. The highest BCUT2D eigenvalue weighted by Gasteiger charge is 2.38. The lowest BCUT2D eigenvalue weighted by Gasteiger charge is -2.22. The van der Waals surface area contributed by atoms with Gasteiger partial charge in [-0.3, -0.25) is 0 Å². The first kappa shape index (κ1) is 20.1. The molecule has 0 unspecified atom stereocenters. The average Bonchev–Trinajstić information content (AvgIpc) is 3.12. The maximum Gasteiger partial charge on any atom is 0.200 e. The number of phenolic OH excluding ortho intramolecular Hbond substituents is 2. The Kier molecular flexibility index (Phi) is 6.16. The van der Waals surface area contributed by atoms with Crippen molar-refractivity contribution in [1.29, 1.82) is 0 Å². The van der Waals surface area contributed by atoms with Gasteiger partial charge in [0.2, 0.25) is 5.75 Å². The number of hydrogen-bond donors (Lipinski definition) is 3. The van der Waals surface area contributed by atoms with Crippen LogP contribution in [0.1, 0.15) is 17.2 Å². The molecule has 0 bridgehead atoms. The Labute approximate surface area is 164 Å². The van der Waals surface area contributed by atoms with Gasteiger partial charge in [0.1, 0.15) is 0 Å². The zero-order chi connectivity index (χ0) is 20.3. The average molecular weight is 390 g/mol. The second-order valence-corrected chi connectivity index (χ2v) is 6.84. The summed E-state index contributed by atoms with van der Waals surface area (Å²) in [4.78, 5) is 0. The highest BCUT2D eigenvalue weighted by atomic mass is 16.5. The Balaban J connectivity index is 1.84. The number of aromatic hydroxyl groups is 2. The number of phenols is 2. The van der Waals surface area contributed by atoms with Crippen LogP contribution in [0.25, 0.3) is 0 Å². The third kappa shape index (κ3) is 3.81. The Hall–Kier alpha value is -2.64. The fourth-order valence-corrected chi connectivity index (χ4v) is 3.75. The molecule has 0 aliphatic carbocycles. The molecule has 3 N–H and O–H groups in total. The summed E-state index contributed by atoms with van der Waals surface area (Å²) in [6.07, 6.45) is 0.322. The van der Waals surface area contributed by atoms with Crippen molar-refractivity contribution in [3.8, 4) is 28.7 Å². The minimum atomic E-state index is -0.350. The highest BCUT2D eigenvalue weighted by molar-refractivity contribution is 5.53. The Morgan fingerprint density at radius 1 is 0.964 bits per heavy atom. The standard InChI is InChI=1S/C21H26O7/c1-25-17-7-12(4-5-16(17)23)6-14-11-28-21(15(14)10-22)13-8-18(26-2)20(24)19(9-13)27-3/h4-5,7-9,14-15,21-24H,6,10-11H2,1-3H3/t14-,15-,21+/m1/s1. The van der Waals surface area contributed by atoms with Gasteiger partial charge in [-0.1, -0.05) is 6.07 Å². The monoisotopic (exact) mass is 390 g/mol. The van der Waals surface area contributed by atoms with E-state index in [9.17, 15) is 15.3 Å². The Bertz CT molecular complexity index is 795. The lowest BCUT2D eigenvalue weighted by Crippen LogP contribution is -2.21. The molecule has 0 radical (unpaired) electrons. The number of aliphatic hydroxyl groups excluding tert-OH is 1. The first-order chi connectivity index (χ1) is 13.5. The van der Waals surface area contributed by atoms with Gasteiger partial charge in [-0.05, 0) is 47.7 Å². The Morgan fingerprint density at radius 2 is 1.61 bits per heavy atom. The van der Waals surface area contributed by atoms with E-state index in [0.717, 1.165) is 11.1 Å². The second-order valence-electron chi connectivity index (χ2n) is 6.84. The van der Waals surface area contributed by atoms with Gasteiger partial charge >= 0.3 is 0 Å². The smallest absolute Gasteiger partial charge is 0.200 e.